The van der Waals surface area contributed by atoms with Gasteiger partial charge in [0.1, 0.15) is 28.7 Å². The Morgan fingerprint density at radius 1 is 0.778 bits per heavy atom. The van der Waals surface area contributed by atoms with Gasteiger partial charge in [-0.05, 0) is 22.9 Å². The third-order valence-corrected chi connectivity index (χ3v) is 2.38. The average molecular weight is 247 g/mol. The molecule has 0 aromatic heterocycles. The topological polar surface area (TPSA) is 110 Å². The highest BCUT2D eigenvalue weighted by atomic mass is 16.3. The summed E-state index contributed by atoms with van der Waals surface area (Å²) in [6, 6.07) is 5.75. The zero-order valence-corrected chi connectivity index (χ0v) is 9.03. The Kier molecular flexibility index (Phi) is 2.77. The zero-order chi connectivity index (χ0) is 13.3. The lowest BCUT2D eigenvalue weighted by Crippen LogP contribution is -1.81. The quantitative estimate of drug-likeness (QED) is 0.609. The van der Waals surface area contributed by atoms with Gasteiger partial charge >= 0.3 is 0 Å². The van der Waals surface area contributed by atoms with Crippen LogP contribution in [0.5, 0.6) is 23.0 Å². The van der Waals surface area contributed by atoms with E-state index in [-0.39, 0.29) is 39.8 Å². The van der Waals surface area contributed by atoms with Crippen molar-refractivity contribution in [2.45, 2.75) is 0 Å². The standard InChI is InChI=1S/C12H9NO5/c14-8-2-6(1-7(3-8)13-18)12-10(16)4-9(15)5-11(12)17/h1-5,14-17H. The lowest BCUT2D eigenvalue weighted by molar-refractivity contribution is 0.430. The fourth-order valence-corrected chi connectivity index (χ4v) is 1.69. The highest BCUT2D eigenvalue weighted by molar-refractivity contribution is 5.80. The Hall–Kier alpha value is -2.76. The van der Waals surface area contributed by atoms with E-state index in [0.29, 0.717) is 0 Å². The number of nitroso groups, excluding NO2 is 1. The molecule has 2 rings (SSSR count). The van der Waals surface area contributed by atoms with E-state index in [4.69, 9.17) is 0 Å². The lowest BCUT2D eigenvalue weighted by Gasteiger charge is -2.09. The van der Waals surface area contributed by atoms with E-state index in [1.165, 1.54) is 12.1 Å². The summed E-state index contributed by atoms with van der Waals surface area (Å²) < 4.78 is 0. The number of aromatic hydroxyl groups is 4. The molecule has 0 spiro atoms. The summed E-state index contributed by atoms with van der Waals surface area (Å²) in [5.41, 5.74) is 0.157. The number of rotatable bonds is 2. The number of phenols is 4. The number of benzene rings is 2. The Labute approximate surface area is 101 Å². The number of nitrogens with zero attached hydrogens (tertiary/aromatic N) is 1. The van der Waals surface area contributed by atoms with Crippen molar-refractivity contribution in [1.82, 2.24) is 0 Å². The van der Waals surface area contributed by atoms with E-state index in [9.17, 15) is 25.3 Å². The number of hydrogen-bond acceptors (Lipinski definition) is 6. The van der Waals surface area contributed by atoms with Gasteiger partial charge in [-0.3, -0.25) is 0 Å². The molecule has 0 fully saturated rings. The SMILES string of the molecule is O=Nc1cc(O)cc(-c2c(O)cc(O)cc2O)c1. The first-order valence-electron chi connectivity index (χ1n) is 4.94. The third kappa shape index (κ3) is 2.03. The van der Waals surface area contributed by atoms with Crippen molar-refractivity contribution in [2.24, 2.45) is 5.18 Å². The summed E-state index contributed by atoms with van der Waals surface area (Å²) in [6.07, 6.45) is 0. The van der Waals surface area contributed by atoms with E-state index in [1.807, 2.05) is 0 Å². The Balaban J connectivity index is 2.69. The van der Waals surface area contributed by atoms with E-state index in [0.717, 1.165) is 18.2 Å². The van der Waals surface area contributed by atoms with Crippen LogP contribution >= 0.6 is 0 Å². The summed E-state index contributed by atoms with van der Waals surface area (Å²) in [5, 5.41) is 40.6. The molecule has 0 aliphatic carbocycles. The van der Waals surface area contributed by atoms with Crippen LogP contribution in [0.15, 0.2) is 35.5 Å². The zero-order valence-electron chi connectivity index (χ0n) is 9.03. The molecule has 0 radical (unpaired) electrons. The minimum absolute atomic E-state index is 0.00593. The molecule has 4 N–H and O–H groups in total. The molecule has 0 amide bonds. The number of phenolic OH excluding ortho intramolecular Hbond substituents is 4. The van der Waals surface area contributed by atoms with Crippen molar-refractivity contribution < 1.29 is 20.4 Å². The van der Waals surface area contributed by atoms with E-state index in [2.05, 4.69) is 5.18 Å². The molecule has 92 valence electrons. The van der Waals surface area contributed by atoms with Crippen LogP contribution in [0.3, 0.4) is 0 Å². The molecule has 0 unspecified atom stereocenters. The predicted octanol–water partition coefficient (Wildman–Crippen LogP) is 2.57. The molecule has 0 heterocycles. The second-order valence-corrected chi connectivity index (χ2v) is 3.69. The van der Waals surface area contributed by atoms with Crippen molar-refractivity contribution in [3.8, 4) is 34.1 Å². The molecule has 2 aromatic rings. The molecule has 18 heavy (non-hydrogen) atoms. The normalized spacial score (nSPS) is 10.2. The summed E-state index contributed by atoms with van der Waals surface area (Å²) >= 11 is 0. The molecule has 2 aromatic carbocycles. The molecule has 0 saturated carbocycles. The Morgan fingerprint density at radius 3 is 1.89 bits per heavy atom. The van der Waals surface area contributed by atoms with Crippen LogP contribution in [0, 0.1) is 4.91 Å². The Morgan fingerprint density at radius 2 is 1.33 bits per heavy atom. The van der Waals surface area contributed by atoms with Gasteiger partial charge in [-0.25, -0.2) is 0 Å². The lowest BCUT2D eigenvalue weighted by atomic mass is 10.0. The molecule has 0 bridgehead atoms. The molecule has 6 nitrogen and oxygen atoms in total. The maximum atomic E-state index is 10.4. The maximum Gasteiger partial charge on any atom is 0.130 e. The monoisotopic (exact) mass is 247 g/mol. The van der Waals surface area contributed by atoms with Crippen LogP contribution in [0.2, 0.25) is 0 Å². The van der Waals surface area contributed by atoms with E-state index < -0.39 is 0 Å². The first-order valence-corrected chi connectivity index (χ1v) is 4.94. The fourth-order valence-electron chi connectivity index (χ4n) is 1.69. The first-order chi connectivity index (χ1) is 8.51. The van der Waals surface area contributed by atoms with Crippen LogP contribution in [-0.4, -0.2) is 20.4 Å². The minimum Gasteiger partial charge on any atom is -0.508 e. The van der Waals surface area contributed by atoms with Crippen molar-refractivity contribution in [3.63, 3.8) is 0 Å². The van der Waals surface area contributed by atoms with E-state index in [1.54, 1.807) is 0 Å². The molecular formula is C12H9NO5. The van der Waals surface area contributed by atoms with Crippen molar-refractivity contribution in [3.05, 3.63) is 35.2 Å². The minimum atomic E-state index is -0.380. The molecule has 0 saturated heterocycles. The predicted molar refractivity (Wildman–Crippen MR) is 64.0 cm³/mol. The molecule has 0 aliphatic heterocycles. The van der Waals surface area contributed by atoms with Gasteiger partial charge in [0.2, 0.25) is 0 Å². The van der Waals surface area contributed by atoms with Gasteiger partial charge in [-0.2, -0.15) is 0 Å². The highest BCUT2D eigenvalue weighted by Crippen LogP contribution is 2.42. The molecule has 6 heteroatoms. The van der Waals surface area contributed by atoms with Crippen molar-refractivity contribution in [2.75, 3.05) is 0 Å². The summed E-state index contributed by atoms with van der Waals surface area (Å²) in [7, 11) is 0. The van der Waals surface area contributed by atoms with Gasteiger partial charge in [-0.15, -0.1) is 4.91 Å². The van der Waals surface area contributed by atoms with Crippen LogP contribution in [-0.2, 0) is 0 Å². The second-order valence-electron chi connectivity index (χ2n) is 3.69. The molecule has 0 aliphatic rings. The van der Waals surface area contributed by atoms with E-state index >= 15 is 0 Å². The largest absolute Gasteiger partial charge is 0.508 e. The first kappa shape index (κ1) is 11.7. The Bertz CT molecular complexity index is 601. The summed E-state index contributed by atoms with van der Waals surface area (Å²) in [4.78, 5) is 10.4. The summed E-state index contributed by atoms with van der Waals surface area (Å²) in [6.45, 7) is 0. The van der Waals surface area contributed by atoms with Crippen LogP contribution < -0.4 is 0 Å². The van der Waals surface area contributed by atoms with Gasteiger partial charge in [-0.1, -0.05) is 0 Å². The van der Waals surface area contributed by atoms with Gasteiger partial charge in [0.25, 0.3) is 0 Å². The molecular weight excluding hydrogens is 238 g/mol. The smallest absolute Gasteiger partial charge is 0.130 e. The van der Waals surface area contributed by atoms with Crippen LogP contribution in [0.1, 0.15) is 0 Å². The van der Waals surface area contributed by atoms with Gasteiger partial charge in [0.15, 0.2) is 0 Å². The van der Waals surface area contributed by atoms with Gasteiger partial charge in [0.05, 0.1) is 5.56 Å². The third-order valence-electron chi connectivity index (χ3n) is 2.38. The number of hydrogen-bond donors (Lipinski definition) is 4. The van der Waals surface area contributed by atoms with Crippen LogP contribution in [0.25, 0.3) is 11.1 Å². The van der Waals surface area contributed by atoms with Crippen LogP contribution in [0.4, 0.5) is 5.69 Å². The van der Waals surface area contributed by atoms with Gasteiger partial charge < -0.3 is 20.4 Å². The highest BCUT2D eigenvalue weighted by Gasteiger charge is 2.13. The summed E-state index contributed by atoms with van der Waals surface area (Å²) in [5.74, 6) is -1.29. The van der Waals surface area contributed by atoms with Crippen molar-refractivity contribution >= 4 is 5.69 Å². The average Bonchev–Trinajstić information content (AvgIpc) is 2.26. The maximum absolute atomic E-state index is 10.4. The van der Waals surface area contributed by atoms with Gasteiger partial charge in [0, 0.05) is 18.2 Å². The molecule has 0 atom stereocenters. The fraction of sp³-hybridized carbons (Fsp3) is 0. The van der Waals surface area contributed by atoms with Crippen molar-refractivity contribution in [1.29, 1.82) is 0 Å². The second kappa shape index (κ2) is 4.25.